The van der Waals surface area contributed by atoms with E-state index in [1.165, 1.54) is 7.11 Å². The smallest absolute Gasteiger partial charge is 0.314 e. The molecule has 1 fully saturated rings. The van der Waals surface area contributed by atoms with Crippen LogP contribution in [0.4, 0.5) is 17.1 Å². The van der Waals surface area contributed by atoms with Crippen molar-refractivity contribution in [1.29, 1.82) is 0 Å². The van der Waals surface area contributed by atoms with Crippen molar-refractivity contribution in [1.82, 2.24) is 0 Å². The highest BCUT2D eigenvalue weighted by Gasteiger charge is 2.25. The van der Waals surface area contributed by atoms with Gasteiger partial charge in [-0.05, 0) is 61.7 Å². The van der Waals surface area contributed by atoms with Gasteiger partial charge in [0.25, 0.3) is 0 Å². The van der Waals surface area contributed by atoms with Crippen LogP contribution in [0, 0.1) is 13.8 Å². The standard InChI is InChI=1S/C21H23N3O4/c1-13-6-7-15(11-14(13)2)22-20(26)21(27)23-16-8-9-18(28-3)17(12-16)24-10-4-5-19(24)25/h6-9,11-12H,4-5,10H2,1-3H3,(H,22,26)(H,23,27). The van der Waals surface area contributed by atoms with Crippen molar-refractivity contribution < 1.29 is 19.1 Å². The van der Waals surface area contributed by atoms with E-state index < -0.39 is 11.8 Å². The lowest BCUT2D eigenvalue weighted by atomic mass is 10.1. The minimum Gasteiger partial charge on any atom is -0.495 e. The number of nitrogens with one attached hydrogen (secondary N) is 2. The summed E-state index contributed by atoms with van der Waals surface area (Å²) in [5.74, 6) is -1.01. The second-order valence-corrected chi connectivity index (χ2v) is 6.74. The molecular weight excluding hydrogens is 358 g/mol. The van der Waals surface area contributed by atoms with Gasteiger partial charge in [0, 0.05) is 24.3 Å². The Hall–Kier alpha value is -3.35. The Morgan fingerprint density at radius 3 is 2.18 bits per heavy atom. The van der Waals surface area contributed by atoms with E-state index >= 15 is 0 Å². The molecular formula is C21H23N3O4. The van der Waals surface area contributed by atoms with Crippen LogP contribution in [0.2, 0.25) is 0 Å². The Morgan fingerprint density at radius 2 is 1.61 bits per heavy atom. The van der Waals surface area contributed by atoms with Crippen LogP contribution in [0.25, 0.3) is 0 Å². The molecule has 1 heterocycles. The predicted molar refractivity (Wildman–Crippen MR) is 108 cm³/mol. The van der Waals surface area contributed by atoms with Gasteiger partial charge in [0.1, 0.15) is 5.75 Å². The van der Waals surface area contributed by atoms with Crippen molar-refractivity contribution >= 4 is 34.8 Å². The minimum atomic E-state index is -0.790. The lowest BCUT2D eigenvalue weighted by molar-refractivity contribution is -0.132. The second kappa shape index (κ2) is 8.12. The van der Waals surface area contributed by atoms with E-state index in [0.717, 1.165) is 17.5 Å². The molecule has 0 atom stereocenters. The maximum absolute atomic E-state index is 12.3. The molecule has 0 radical (unpaired) electrons. The van der Waals surface area contributed by atoms with E-state index in [2.05, 4.69) is 10.6 Å². The third kappa shape index (κ3) is 4.14. The van der Waals surface area contributed by atoms with E-state index in [1.807, 2.05) is 26.0 Å². The van der Waals surface area contributed by atoms with Gasteiger partial charge in [0.15, 0.2) is 0 Å². The SMILES string of the molecule is COc1ccc(NC(=O)C(=O)Nc2ccc(C)c(C)c2)cc1N1CCCC1=O. The summed E-state index contributed by atoms with van der Waals surface area (Å²) in [6.45, 7) is 4.50. The van der Waals surface area contributed by atoms with Gasteiger partial charge in [-0.2, -0.15) is 0 Å². The first-order valence-corrected chi connectivity index (χ1v) is 9.07. The number of anilines is 3. The molecule has 146 valence electrons. The van der Waals surface area contributed by atoms with Crippen LogP contribution in [-0.2, 0) is 14.4 Å². The molecule has 3 amide bonds. The average molecular weight is 381 g/mol. The summed E-state index contributed by atoms with van der Waals surface area (Å²) in [6.07, 6.45) is 1.26. The lowest BCUT2D eigenvalue weighted by Crippen LogP contribution is -2.29. The van der Waals surface area contributed by atoms with Crippen LogP contribution in [0.1, 0.15) is 24.0 Å². The summed E-state index contributed by atoms with van der Waals surface area (Å²) < 4.78 is 5.33. The van der Waals surface area contributed by atoms with Crippen molar-refractivity contribution in [3.63, 3.8) is 0 Å². The van der Waals surface area contributed by atoms with Crippen LogP contribution in [0.3, 0.4) is 0 Å². The molecule has 2 aromatic carbocycles. The van der Waals surface area contributed by atoms with E-state index in [1.54, 1.807) is 29.2 Å². The zero-order chi connectivity index (χ0) is 20.3. The van der Waals surface area contributed by atoms with Gasteiger partial charge in [0.05, 0.1) is 12.8 Å². The molecule has 2 aromatic rings. The molecule has 0 aromatic heterocycles. The summed E-state index contributed by atoms with van der Waals surface area (Å²) in [7, 11) is 1.52. The minimum absolute atomic E-state index is 0.00857. The van der Waals surface area contributed by atoms with Crippen molar-refractivity contribution in [2.24, 2.45) is 0 Å². The lowest BCUT2D eigenvalue weighted by Gasteiger charge is -2.20. The van der Waals surface area contributed by atoms with Gasteiger partial charge < -0.3 is 20.3 Å². The highest BCUT2D eigenvalue weighted by atomic mass is 16.5. The summed E-state index contributed by atoms with van der Waals surface area (Å²) in [5.41, 5.74) is 3.67. The number of methoxy groups -OCH3 is 1. The van der Waals surface area contributed by atoms with Crippen LogP contribution in [0.15, 0.2) is 36.4 Å². The Balaban J connectivity index is 1.73. The number of carbonyl (C=O) groups excluding carboxylic acids is 3. The average Bonchev–Trinajstić information content (AvgIpc) is 3.10. The normalized spacial score (nSPS) is 13.4. The van der Waals surface area contributed by atoms with Crippen LogP contribution in [0.5, 0.6) is 5.75 Å². The zero-order valence-corrected chi connectivity index (χ0v) is 16.2. The number of hydrogen-bond donors (Lipinski definition) is 2. The Bertz CT molecular complexity index is 939. The van der Waals surface area contributed by atoms with Crippen molar-refractivity contribution in [2.75, 3.05) is 29.2 Å². The number of amides is 3. The topological polar surface area (TPSA) is 87.7 Å². The first kappa shape index (κ1) is 19.4. The largest absolute Gasteiger partial charge is 0.495 e. The van der Waals surface area contributed by atoms with E-state index in [0.29, 0.717) is 35.8 Å². The summed E-state index contributed by atoms with van der Waals surface area (Å²) in [4.78, 5) is 38.2. The molecule has 1 saturated heterocycles. The molecule has 1 aliphatic heterocycles. The number of aryl methyl sites for hydroxylation is 2. The van der Waals surface area contributed by atoms with Crippen LogP contribution in [-0.4, -0.2) is 31.4 Å². The van der Waals surface area contributed by atoms with Crippen molar-refractivity contribution in [2.45, 2.75) is 26.7 Å². The zero-order valence-electron chi connectivity index (χ0n) is 16.2. The van der Waals surface area contributed by atoms with Gasteiger partial charge in [-0.1, -0.05) is 6.07 Å². The fraction of sp³-hybridized carbons (Fsp3) is 0.286. The summed E-state index contributed by atoms with van der Waals surface area (Å²) in [5, 5.41) is 5.16. The Labute approximate surface area is 163 Å². The van der Waals surface area contributed by atoms with E-state index in [-0.39, 0.29) is 5.91 Å². The molecule has 0 aliphatic carbocycles. The number of benzene rings is 2. The second-order valence-electron chi connectivity index (χ2n) is 6.74. The molecule has 0 saturated carbocycles. The summed E-state index contributed by atoms with van der Waals surface area (Å²) >= 11 is 0. The van der Waals surface area contributed by atoms with Gasteiger partial charge in [-0.15, -0.1) is 0 Å². The van der Waals surface area contributed by atoms with Crippen LogP contribution >= 0.6 is 0 Å². The first-order chi connectivity index (χ1) is 13.4. The molecule has 0 bridgehead atoms. The highest BCUT2D eigenvalue weighted by molar-refractivity contribution is 6.43. The monoisotopic (exact) mass is 381 g/mol. The third-order valence-electron chi connectivity index (χ3n) is 4.77. The fourth-order valence-electron chi connectivity index (χ4n) is 3.08. The molecule has 28 heavy (non-hydrogen) atoms. The first-order valence-electron chi connectivity index (χ1n) is 9.07. The maximum atomic E-state index is 12.3. The van der Waals surface area contributed by atoms with Crippen molar-refractivity contribution in [3.05, 3.63) is 47.5 Å². The van der Waals surface area contributed by atoms with Crippen LogP contribution < -0.4 is 20.3 Å². The fourth-order valence-corrected chi connectivity index (χ4v) is 3.08. The third-order valence-corrected chi connectivity index (χ3v) is 4.77. The number of rotatable bonds is 4. The molecule has 7 heteroatoms. The van der Waals surface area contributed by atoms with Gasteiger partial charge in [0.2, 0.25) is 5.91 Å². The highest BCUT2D eigenvalue weighted by Crippen LogP contribution is 2.34. The summed E-state index contributed by atoms with van der Waals surface area (Å²) in [6, 6.07) is 10.4. The van der Waals surface area contributed by atoms with Gasteiger partial charge >= 0.3 is 11.8 Å². The predicted octanol–water partition coefficient (Wildman–Crippen LogP) is 3.02. The number of nitrogens with zero attached hydrogens (tertiary/aromatic N) is 1. The molecule has 0 unspecified atom stereocenters. The quantitative estimate of drug-likeness (QED) is 0.797. The molecule has 3 rings (SSSR count). The number of ether oxygens (including phenoxy) is 1. The molecule has 2 N–H and O–H groups in total. The van der Waals surface area contributed by atoms with Crippen molar-refractivity contribution in [3.8, 4) is 5.75 Å². The van der Waals surface area contributed by atoms with E-state index in [4.69, 9.17) is 4.74 Å². The number of carbonyl (C=O) groups is 3. The Morgan fingerprint density at radius 1 is 0.964 bits per heavy atom. The van der Waals surface area contributed by atoms with E-state index in [9.17, 15) is 14.4 Å². The van der Waals surface area contributed by atoms with Gasteiger partial charge in [-0.25, -0.2) is 0 Å². The molecule has 1 aliphatic rings. The Kier molecular flexibility index (Phi) is 5.63. The molecule has 0 spiro atoms. The van der Waals surface area contributed by atoms with Gasteiger partial charge in [-0.3, -0.25) is 14.4 Å². The number of hydrogen-bond acceptors (Lipinski definition) is 4. The maximum Gasteiger partial charge on any atom is 0.314 e. The molecule has 7 nitrogen and oxygen atoms in total.